The van der Waals surface area contributed by atoms with E-state index in [-0.39, 0.29) is 22.7 Å². The van der Waals surface area contributed by atoms with Crippen molar-refractivity contribution in [2.75, 3.05) is 10.3 Å². The molecule has 11 heteroatoms. The highest BCUT2D eigenvalue weighted by molar-refractivity contribution is 7.89. The van der Waals surface area contributed by atoms with Crippen LogP contribution in [-0.2, 0) is 19.6 Å². The van der Waals surface area contributed by atoms with Crippen LogP contribution in [0.25, 0.3) is 0 Å². The first-order valence-electron chi connectivity index (χ1n) is 8.84. The average molecular weight is 433 g/mol. The Bertz CT molecular complexity index is 1160. The molecule has 2 aromatic carbocycles. The number of hydrazone groups is 1. The van der Waals surface area contributed by atoms with Gasteiger partial charge in [0.05, 0.1) is 10.6 Å². The first kappa shape index (κ1) is 21.4. The third kappa shape index (κ3) is 4.31. The van der Waals surface area contributed by atoms with Gasteiger partial charge in [-0.3, -0.25) is 14.6 Å². The molecule has 30 heavy (non-hydrogen) atoms. The van der Waals surface area contributed by atoms with Crippen LogP contribution in [0.1, 0.15) is 17.5 Å². The molecule has 0 bridgehead atoms. The molecule has 158 valence electrons. The van der Waals surface area contributed by atoms with E-state index in [0.717, 1.165) is 0 Å². The Morgan fingerprint density at radius 1 is 1.20 bits per heavy atom. The fourth-order valence-corrected chi connectivity index (χ4v) is 3.64. The molecule has 1 aliphatic rings. The van der Waals surface area contributed by atoms with E-state index in [9.17, 15) is 22.4 Å². The number of aryl methyl sites for hydroxylation is 1. The van der Waals surface area contributed by atoms with Gasteiger partial charge in [0, 0.05) is 12.1 Å². The lowest BCUT2D eigenvalue weighted by Gasteiger charge is -2.20. The van der Waals surface area contributed by atoms with Gasteiger partial charge >= 0.3 is 0 Å². The van der Waals surface area contributed by atoms with Crippen molar-refractivity contribution in [1.29, 1.82) is 0 Å². The second-order valence-corrected chi connectivity index (χ2v) is 8.46. The number of benzene rings is 2. The Morgan fingerprint density at radius 2 is 1.83 bits per heavy atom. The summed E-state index contributed by atoms with van der Waals surface area (Å²) in [4.78, 5) is 24.5. The zero-order valence-electron chi connectivity index (χ0n) is 16.2. The number of carbonyl (C=O) groups excluding carboxylic acids is 2. The Hall–Kier alpha value is -3.31. The van der Waals surface area contributed by atoms with Crippen LogP contribution in [0.3, 0.4) is 0 Å². The number of primary sulfonamides is 1. The number of amides is 2. The summed E-state index contributed by atoms with van der Waals surface area (Å²) in [6.45, 7) is 3.40. The van der Waals surface area contributed by atoms with Crippen LogP contribution in [0.5, 0.6) is 0 Å². The lowest BCUT2D eigenvalue weighted by atomic mass is 10.1. The number of nitrogens with two attached hydrogens (primary N) is 2. The number of carbonyl (C=O) groups is 2. The van der Waals surface area contributed by atoms with Crippen LogP contribution >= 0.6 is 0 Å². The molecule has 1 heterocycles. The standard InChI is InChI=1S/C19H20FN5O4S/c1-10-7-14(30(22,28)29)8-15(11(10)2)23-19(27)16-9-17(18(21)26)25(24-16)13-5-3-12(20)4-6-13/h3-8,17H,9H2,1-2H3,(H2,21,26)(H,23,27)(H2,22,28,29). The molecule has 0 radical (unpaired) electrons. The molecule has 0 aromatic heterocycles. The average Bonchev–Trinajstić information content (AvgIpc) is 3.11. The van der Waals surface area contributed by atoms with E-state index in [1.165, 1.54) is 41.4 Å². The number of nitrogens with one attached hydrogen (secondary N) is 1. The summed E-state index contributed by atoms with van der Waals surface area (Å²) in [7, 11) is -3.97. The Kier molecular flexibility index (Phi) is 5.59. The van der Waals surface area contributed by atoms with Crippen LogP contribution in [0.4, 0.5) is 15.8 Å². The van der Waals surface area contributed by atoms with Crippen molar-refractivity contribution in [2.24, 2.45) is 16.0 Å². The Balaban J connectivity index is 1.92. The Labute approximate surface area is 172 Å². The molecule has 0 spiro atoms. The van der Waals surface area contributed by atoms with Crippen LogP contribution in [0.2, 0.25) is 0 Å². The maximum absolute atomic E-state index is 13.2. The number of nitrogens with zero attached hydrogens (tertiary/aromatic N) is 2. The van der Waals surface area contributed by atoms with E-state index in [2.05, 4.69) is 10.4 Å². The van der Waals surface area contributed by atoms with Gasteiger partial charge in [0.25, 0.3) is 5.91 Å². The summed E-state index contributed by atoms with van der Waals surface area (Å²) in [5.41, 5.74) is 7.37. The van der Waals surface area contributed by atoms with Crippen LogP contribution < -0.4 is 21.2 Å². The molecular formula is C19H20FN5O4S. The fourth-order valence-electron chi connectivity index (χ4n) is 3.02. The highest BCUT2D eigenvalue weighted by Gasteiger charge is 2.35. The summed E-state index contributed by atoms with van der Waals surface area (Å²) in [5, 5.41) is 13.3. The lowest BCUT2D eigenvalue weighted by molar-refractivity contribution is -0.119. The summed E-state index contributed by atoms with van der Waals surface area (Å²) >= 11 is 0. The molecule has 0 saturated heterocycles. The molecule has 2 amide bonds. The molecule has 2 aromatic rings. The minimum atomic E-state index is -3.97. The maximum atomic E-state index is 13.2. The number of hydrogen-bond donors (Lipinski definition) is 3. The minimum Gasteiger partial charge on any atom is -0.368 e. The van der Waals surface area contributed by atoms with Gasteiger partial charge in [-0.15, -0.1) is 0 Å². The number of anilines is 2. The van der Waals surface area contributed by atoms with Crippen molar-refractivity contribution in [3.63, 3.8) is 0 Å². The second kappa shape index (κ2) is 7.84. The van der Waals surface area contributed by atoms with Crippen molar-refractivity contribution in [3.05, 3.63) is 53.3 Å². The molecule has 1 aliphatic heterocycles. The van der Waals surface area contributed by atoms with E-state index in [1.807, 2.05) is 0 Å². The fraction of sp³-hybridized carbons (Fsp3) is 0.211. The third-order valence-electron chi connectivity index (χ3n) is 4.81. The van der Waals surface area contributed by atoms with Crippen molar-refractivity contribution in [3.8, 4) is 0 Å². The van der Waals surface area contributed by atoms with Crippen LogP contribution in [0.15, 0.2) is 46.4 Å². The first-order valence-corrected chi connectivity index (χ1v) is 10.4. The van der Waals surface area contributed by atoms with Crippen molar-refractivity contribution in [1.82, 2.24) is 0 Å². The minimum absolute atomic E-state index is 0.0150. The van der Waals surface area contributed by atoms with Gasteiger partial charge in [0.2, 0.25) is 15.9 Å². The monoisotopic (exact) mass is 433 g/mol. The third-order valence-corrected chi connectivity index (χ3v) is 5.70. The molecule has 9 nitrogen and oxygen atoms in total. The summed E-state index contributed by atoms with van der Waals surface area (Å²) in [6.07, 6.45) is -0.0640. The predicted molar refractivity (Wildman–Crippen MR) is 110 cm³/mol. The quantitative estimate of drug-likeness (QED) is 0.647. The van der Waals surface area contributed by atoms with E-state index >= 15 is 0 Å². The lowest BCUT2D eigenvalue weighted by Crippen LogP contribution is -2.39. The molecule has 1 atom stereocenters. The Morgan fingerprint density at radius 3 is 2.40 bits per heavy atom. The molecule has 0 saturated carbocycles. The number of halogens is 1. The molecule has 1 unspecified atom stereocenters. The van der Waals surface area contributed by atoms with Crippen LogP contribution in [-0.4, -0.2) is 32.0 Å². The zero-order chi connectivity index (χ0) is 22.2. The predicted octanol–water partition coefficient (Wildman–Crippen LogP) is 1.15. The van der Waals surface area contributed by atoms with Gasteiger partial charge in [-0.05, 0) is 61.4 Å². The van der Waals surface area contributed by atoms with Gasteiger partial charge < -0.3 is 11.1 Å². The van der Waals surface area contributed by atoms with Crippen molar-refractivity contribution in [2.45, 2.75) is 31.2 Å². The topological polar surface area (TPSA) is 148 Å². The highest BCUT2D eigenvalue weighted by Crippen LogP contribution is 2.27. The van der Waals surface area contributed by atoms with Gasteiger partial charge in [-0.1, -0.05) is 0 Å². The van der Waals surface area contributed by atoms with Crippen LogP contribution in [0, 0.1) is 19.7 Å². The first-order chi connectivity index (χ1) is 14.0. The summed E-state index contributed by atoms with van der Waals surface area (Å²) in [5.74, 6) is -1.79. The normalized spacial score (nSPS) is 16.3. The van der Waals surface area contributed by atoms with Gasteiger partial charge in [-0.2, -0.15) is 5.10 Å². The number of sulfonamides is 1. The highest BCUT2D eigenvalue weighted by atomic mass is 32.2. The van der Waals surface area contributed by atoms with Crippen molar-refractivity contribution >= 4 is 38.9 Å². The van der Waals surface area contributed by atoms with E-state index in [0.29, 0.717) is 16.8 Å². The number of hydrogen-bond acceptors (Lipinski definition) is 6. The second-order valence-electron chi connectivity index (χ2n) is 6.90. The smallest absolute Gasteiger partial charge is 0.271 e. The number of primary amides is 1. The molecule has 0 fully saturated rings. The number of rotatable bonds is 5. The van der Waals surface area contributed by atoms with Gasteiger partial charge in [0.15, 0.2) is 0 Å². The molecular weight excluding hydrogens is 413 g/mol. The zero-order valence-corrected chi connectivity index (χ0v) is 17.0. The van der Waals surface area contributed by atoms with E-state index in [1.54, 1.807) is 13.8 Å². The molecule has 0 aliphatic carbocycles. The SMILES string of the molecule is Cc1cc(S(N)(=O)=O)cc(NC(=O)C2=NN(c3ccc(F)cc3)C(C(N)=O)C2)c1C. The van der Waals surface area contributed by atoms with Crippen molar-refractivity contribution < 1.29 is 22.4 Å². The maximum Gasteiger partial charge on any atom is 0.271 e. The van der Waals surface area contributed by atoms with E-state index in [4.69, 9.17) is 10.9 Å². The van der Waals surface area contributed by atoms with Gasteiger partial charge in [0.1, 0.15) is 17.6 Å². The molecule has 3 rings (SSSR count). The summed E-state index contributed by atoms with van der Waals surface area (Å²) < 4.78 is 36.6. The molecule has 5 N–H and O–H groups in total. The largest absolute Gasteiger partial charge is 0.368 e. The summed E-state index contributed by atoms with van der Waals surface area (Å²) in [6, 6.07) is 6.98. The van der Waals surface area contributed by atoms with E-state index < -0.39 is 33.7 Å². The van der Waals surface area contributed by atoms with Gasteiger partial charge in [-0.25, -0.2) is 17.9 Å².